The van der Waals surface area contributed by atoms with Crippen LogP contribution in [-0.2, 0) is 17.8 Å². The van der Waals surface area contributed by atoms with Crippen LogP contribution in [0.1, 0.15) is 35.8 Å². The summed E-state index contributed by atoms with van der Waals surface area (Å²) in [6, 6.07) is 11.8. The van der Waals surface area contributed by atoms with E-state index in [9.17, 15) is 4.79 Å². The fourth-order valence-corrected chi connectivity index (χ4v) is 3.36. The van der Waals surface area contributed by atoms with Crippen molar-refractivity contribution in [3.05, 3.63) is 65.7 Å². The third kappa shape index (κ3) is 3.35. The van der Waals surface area contributed by atoms with E-state index in [1.54, 1.807) is 10.9 Å². The molecule has 0 bridgehead atoms. The molecular weight excluding hydrogens is 326 g/mol. The van der Waals surface area contributed by atoms with E-state index in [4.69, 9.17) is 4.98 Å². The molecule has 3 aromatic rings. The maximum absolute atomic E-state index is 12.4. The molecule has 1 aliphatic carbocycles. The molecule has 0 saturated carbocycles. The van der Waals surface area contributed by atoms with Gasteiger partial charge in [-0.3, -0.25) is 9.48 Å². The number of nitrogens with one attached hydrogen (secondary N) is 1. The SMILES string of the molecule is Cc1ccnn1CC(=O)NC1CCCc2nc(-c3ccccc3)ncc21. The lowest BCUT2D eigenvalue weighted by Gasteiger charge is -2.25. The van der Waals surface area contributed by atoms with Crippen molar-refractivity contribution in [3.8, 4) is 11.4 Å². The summed E-state index contributed by atoms with van der Waals surface area (Å²) in [4.78, 5) is 21.7. The highest BCUT2D eigenvalue weighted by atomic mass is 16.2. The molecule has 1 atom stereocenters. The van der Waals surface area contributed by atoms with Gasteiger partial charge in [0.25, 0.3) is 0 Å². The smallest absolute Gasteiger partial charge is 0.242 e. The van der Waals surface area contributed by atoms with E-state index >= 15 is 0 Å². The summed E-state index contributed by atoms with van der Waals surface area (Å²) in [5, 5.41) is 7.29. The summed E-state index contributed by atoms with van der Waals surface area (Å²) < 4.78 is 1.70. The zero-order valence-electron chi connectivity index (χ0n) is 14.7. The molecule has 6 nitrogen and oxygen atoms in total. The minimum atomic E-state index is -0.0400. The molecule has 132 valence electrons. The summed E-state index contributed by atoms with van der Waals surface area (Å²) in [5.41, 5.74) is 4.04. The van der Waals surface area contributed by atoms with Crippen molar-refractivity contribution in [3.63, 3.8) is 0 Å². The molecule has 26 heavy (non-hydrogen) atoms. The minimum absolute atomic E-state index is 0.0352. The molecule has 6 heteroatoms. The number of fused-ring (bicyclic) bond motifs is 1. The Bertz CT molecular complexity index is 919. The number of aryl methyl sites for hydroxylation is 2. The van der Waals surface area contributed by atoms with E-state index in [0.717, 1.165) is 47.6 Å². The predicted molar refractivity (Wildman–Crippen MR) is 98.3 cm³/mol. The van der Waals surface area contributed by atoms with Crippen molar-refractivity contribution < 1.29 is 4.79 Å². The van der Waals surface area contributed by atoms with Crippen LogP contribution >= 0.6 is 0 Å². The summed E-state index contributed by atoms with van der Waals surface area (Å²) in [6.45, 7) is 2.17. The molecule has 0 saturated heterocycles. The Labute approximate surface area is 152 Å². The predicted octanol–water partition coefficient (Wildman–Crippen LogP) is 2.84. The summed E-state index contributed by atoms with van der Waals surface area (Å²) in [6.07, 6.45) is 6.41. The van der Waals surface area contributed by atoms with Crippen molar-refractivity contribution in [2.24, 2.45) is 0 Å². The van der Waals surface area contributed by atoms with Gasteiger partial charge in [0.15, 0.2) is 5.82 Å². The molecule has 0 fully saturated rings. The fraction of sp³-hybridized carbons (Fsp3) is 0.300. The first kappa shape index (κ1) is 16.4. The first-order valence-electron chi connectivity index (χ1n) is 8.90. The quantitative estimate of drug-likeness (QED) is 0.788. The van der Waals surface area contributed by atoms with Gasteiger partial charge in [0.05, 0.1) is 6.04 Å². The lowest BCUT2D eigenvalue weighted by atomic mass is 9.92. The summed E-state index contributed by atoms with van der Waals surface area (Å²) in [7, 11) is 0. The number of nitrogens with zero attached hydrogens (tertiary/aromatic N) is 4. The van der Waals surface area contributed by atoms with E-state index in [1.165, 1.54) is 0 Å². The van der Waals surface area contributed by atoms with Gasteiger partial charge in [-0.05, 0) is 32.3 Å². The van der Waals surface area contributed by atoms with Gasteiger partial charge in [0.1, 0.15) is 6.54 Å². The number of carbonyl (C=O) groups excluding carboxylic acids is 1. The van der Waals surface area contributed by atoms with E-state index < -0.39 is 0 Å². The van der Waals surface area contributed by atoms with Gasteiger partial charge in [0, 0.05) is 34.9 Å². The highest BCUT2D eigenvalue weighted by Gasteiger charge is 2.24. The molecule has 0 radical (unpaired) electrons. The molecule has 1 aliphatic rings. The number of rotatable bonds is 4. The van der Waals surface area contributed by atoms with E-state index in [2.05, 4.69) is 15.4 Å². The van der Waals surface area contributed by atoms with Crippen LogP contribution in [0.25, 0.3) is 11.4 Å². The molecule has 2 heterocycles. The largest absolute Gasteiger partial charge is 0.348 e. The Balaban J connectivity index is 1.52. The fourth-order valence-electron chi connectivity index (χ4n) is 3.36. The van der Waals surface area contributed by atoms with Crippen molar-refractivity contribution in [2.45, 2.75) is 38.8 Å². The Kier molecular flexibility index (Phi) is 4.48. The van der Waals surface area contributed by atoms with Gasteiger partial charge < -0.3 is 5.32 Å². The van der Waals surface area contributed by atoms with Gasteiger partial charge in [-0.1, -0.05) is 30.3 Å². The van der Waals surface area contributed by atoms with E-state index in [-0.39, 0.29) is 18.5 Å². The Morgan fingerprint density at radius 2 is 2.12 bits per heavy atom. The second-order valence-electron chi connectivity index (χ2n) is 6.60. The molecule has 1 aromatic carbocycles. The highest BCUT2D eigenvalue weighted by molar-refractivity contribution is 5.76. The molecule has 0 aliphatic heterocycles. The molecule has 1 amide bonds. The van der Waals surface area contributed by atoms with Crippen LogP contribution in [0.3, 0.4) is 0 Å². The van der Waals surface area contributed by atoms with Crippen LogP contribution in [0, 0.1) is 6.92 Å². The van der Waals surface area contributed by atoms with E-state index in [0.29, 0.717) is 0 Å². The molecular formula is C20H21N5O. The van der Waals surface area contributed by atoms with Crippen LogP contribution in [0.2, 0.25) is 0 Å². The van der Waals surface area contributed by atoms with Gasteiger partial charge in [-0.25, -0.2) is 9.97 Å². The van der Waals surface area contributed by atoms with Crippen LogP contribution in [-0.4, -0.2) is 25.7 Å². The molecule has 1 unspecified atom stereocenters. The van der Waals surface area contributed by atoms with Crippen LogP contribution in [0.4, 0.5) is 0 Å². The molecule has 2 aromatic heterocycles. The number of amides is 1. The maximum atomic E-state index is 12.4. The molecule has 0 spiro atoms. The van der Waals surface area contributed by atoms with Crippen molar-refractivity contribution in [1.82, 2.24) is 25.1 Å². The zero-order valence-corrected chi connectivity index (χ0v) is 14.7. The van der Waals surface area contributed by atoms with Crippen LogP contribution in [0.15, 0.2) is 48.8 Å². The van der Waals surface area contributed by atoms with Crippen molar-refractivity contribution in [1.29, 1.82) is 0 Å². The number of hydrogen-bond donors (Lipinski definition) is 1. The van der Waals surface area contributed by atoms with Crippen molar-refractivity contribution in [2.75, 3.05) is 0 Å². The summed E-state index contributed by atoms with van der Waals surface area (Å²) in [5.74, 6) is 0.699. The zero-order chi connectivity index (χ0) is 17.9. The van der Waals surface area contributed by atoms with Crippen molar-refractivity contribution >= 4 is 5.91 Å². The van der Waals surface area contributed by atoms with Gasteiger partial charge >= 0.3 is 0 Å². The molecule has 4 rings (SSSR count). The first-order chi connectivity index (χ1) is 12.7. The topological polar surface area (TPSA) is 72.7 Å². The lowest BCUT2D eigenvalue weighted by molar-refractivity contribution is -0.122. The second-order valence-corrected chi connectivity index (χ2v) is 6.60. The second kappa shape index (κ2) is 7.07. The molecule has 1 N–H and O–H groups in total. The minimum Gasteiger partial charge on any atom is -0.348 e. The average molecular weight is 347 g/mol. The number of carbonyl (C=O) groups is 1. The maximum Gasteiger partial charge on any atom is 0.242 e. The van der Waals surface area contributed by atoms with Gasteiger partial charge in [0.2, 0.25) is 5.91 Å². The van der Waals surface area contributed by atoms with Gasteiger partial charge in [-0.2, -0.15) is 5.10 Å². The Morgan fingerprint density at radius 3 is 2.88 bits per heavy atom. The lowest BCUT2D eigenvalue weighted by Crippen LogP contribution is -2.34. The van der Waals surface area contributed by atoms with Crippen LogP contribution in [0.5, 0.6) is 0 Å². The number of aromatic nitrogens is 4. The first-order valence-corrected chi connectivity index (χ1v) is 8.90. The Hall–Kier alpha value is -3.02. The third-order valence-corrected chi connectivity index (χ3v) is 4.77. The highest BCUT2D eigenvalue weighted by Crippen LogP contribution is 2.29. The Morgan fingerprint density at radius 1 is 1.27 bits per heavy atom. The van der Waals surface area contributed by atoms with Gasteiger partial charge in [-0.15, -0.1) is 0 Å². The summed E-state index contributed by atoms with van der Waals surface area (Å²) >= 11 is 0. The third-order valence-electron chi connectivity index (χ3n) is 4.77. The average Bonchev–Trinajstić information content (AvgIpc) is 3.07. The number of hydrogen-bond acceptors (Lipinski definition) is 4. The monoisotopic (exact) mass is 347 g/mol. The van der Waals surface area contributed by atoms with E-state index in [1.807, 2.05) is 49.5 Å². The normalized spacial score (nSPS) is 16.1. The number of benzene rings is 1. The van der Waals surface area contributed by atoms with Crippen LogP contribution < -0.4 is 5.32 Å². The standard InChI is InChI=1S/C20H21N5O/c1-14-10-11-22-25(14)13-19(26)23-17-8-5-9-18-16(17)12-21-20(24-18)15-6-3-2-4-7-15/h2-4,6-7,10-12,17H,5,8-9,13H2,1H3,(H,23,26).